The largest absolute Gasteiger partial charge is 0.481 e. The molecule has 1 aliphatic heterocycles. The van der Waals surface area contributed by atoms with Crippen molar-refractivity contribution in [1.29, 1.82) is 0 Å². The summed E-state index contributed by atoms with van der Waals surface area (Å²) in [7, 11) is 0. The summed E-state index contributed by atoms with van der Waals surface area (Å²) in [5.74, 6) is -0.970. The maximum atomic E-state index is 11.9. The van der Waals surface area contributed by atoms with E-state index in [1.165, 1.54) is 34.9 Å². The van der Waals surface area contributed by atoms with E-state index in [0.29, 0.717) is 11.3 Å². The molecule has 2 rings (SSSR count). The van der Waals surface area contributed by atoms with Crippen molar-refractivity contribution in [3.8, 4) is 0 Å². The van der Waals surface area contributed by atoms with Gasteiger partial charge in [0.1, 0.15) is 0 Å². The van der Waals surface area contributed by atoms with Gasteiger partial charge in [0.25, 0.3) is 5.69 Å². The van der Waals surface area contributed by atoms with Crippen molar-refractivity contribution in [3.05, 3.63) is 45.4 Å². The Bertz CT molecular complexity index is 629. The molecule has 0 aliphatic carbocycles. The van der Waals surface area contributed by atoms with E-state index in [0.717, 1.165) is 0 Å². The van der Waals surface area contributed by atoms with Gasteiger partial charge in [-0.1, -0.05) is 12.1 Å². The Labute approximate surface area is 124 Å². The number of carbonyl (C=O) groups is 2. The van der Waals surface area contributed by atoms with Crippen molar-refractivity contribution in [3.63, 3.8) is 0 Å². The highest BCUT2D eigenvalue weighted by molar-refractivity contribution is 8.03. The van der Waals surface area contributed by atoms with E-state index in [1.54, 1.807) is 11.5 Å². The quantitative estimate of drug-likeness (QED) is 0.659. The highest BCUT2D eigenvalue weighted by atomic mass is 32.2. The van der Waals surface area contributed by atoms with Crippen LogP contribution in [0.2, 0.25) is 0 Å². The molecule has 1 aromatic carbocycles. The highest BCUT2D eigenvalue weighted by Gasteiger charge is 2.24. The molecule has 0 aromatic heterocycles. The third-order valence-electron chi connectivity index (χ3n) is 2.90. The lowest BCUT2D eigenvalue weighted by Gasteiger charge is -2.28. The summed E-state index contributed by atoms with van der Waals surface area (Å²) in [4.78, 5) is 34.3. The van der Waals surface area contributed by atoms with Crippen LogP contribution in [0.15, 0.2) is 29.7 Å². The monoisotopic (exact) mass is 308 g/mol. The number of carboxylic acids is 1. The van der Waals surface area contributed by atoms with Crippen LogP contribution < -0.4 is 0 Å². The Morgan fingerprint density at radius 3 is 2.90 bits per heavy atom. The summed E-state index contributed by atoms with van der Waals surface area (Å²) < 4.78 is 0. The smallest absolute Gasteiger partial charge is 0.305 e. The van der Waals surface area contributed by atoms with Gasteiger partial charge in [0.05, 0.1) is 22.8 Å². The van der Waals surface area contributed by atoms with Crippen LogP contribution in [0.4, 0.5) is 5.69 Å². The zero-order valence-electron chi connectivity index (χ0n) is 10.9. The summed E-state index contributed by atoms with van der Waals surface area (Å²) in [5.41, 5.74) is 0.950. The van der Waals surface area contributed by atoms with Crippen molar-refractivity contribution in [2.45, 2.75) is 6.42 Å². The number of benzene rings is 1. The van der Waals surface area contributed by atoms with Gasteiger partial charge in [0.2, 0.25) is 5.91 Å². The molecule has 1 aliphatic rings. The van der Waals surface area contributed by atoms with Crippen LogP contribution >= 0.6 is 11.8 Å². The Morgan fingerprint density at radius 1 is 1.48 bits per heavy atom. The fraction of sp³-hybridized carbons (Fsp3) is 0.231. The summed E-state index contributed by atoms with van der Waals surface area (Å²) in [6, 6.07) is 5.93. The van der Waals surface area contributed by atoms with Gasteiger partial charge in [-0.3, -0.25) is 19.7 Å². The number of non-ortho nitro benzene ring substituents is 1. The molecular weight excluding hydrogens is 296 g/mol. The number of amides is 1. The first kappa shape index (κ1) is 15.0. The zero-order valence-corrected chi connectivity index (χ0v) is 11.7. The van der Waals surface area contributed by atoms with Crippen LogP contribution in [0.1, 0.15) is 12.0 Å². The molecule has 1 heterocycles. The fourth-order valence-corrected chi connectivity index (χ4v) is 2.73. The SMILES string of the molecule is O=C(O)CCN1C(=O)CSC=C1c1cccc([N+](=O)[O-])c1. The molecule has 0 bridgehead atoms. The van der Waals surface area contributed by atoms with Crippen LogP contribution in [0, 0.1) is 10.1 Å². The molecule has 8 heteroatoms. The Hall–Kier alpha value is -2.35. The third kappa shape index (κ3) is 3.60. The van der Waals surface area contributed by atoms with Gasteiger partial charge in [0.15, 0.2) is 0 Å². The number of nitrogens with zero attached hydrogens (tertiary/aromatic N) is 2. The number of hydrogen-bond acceptors (Lipinski definition) is 5. The molecule has 21 heavy (non-hydrogen) atoms. The molecule has 0 radical (unpaired) electrons. The number of aliphatic carboxylic acids is 1. The first-order valence-corrected chi connectivity index (χ1v) is 7.12. The van der Waals surface area contributed by atoms with Gasteiger partial charge in [-0.05, 0) is 5.41 Å². The van der Waals surface area contributed by atoms with Gasteiger partial charge in [-0.15, -0.1) is 11.8 Å². The van der Waals surface area contributed by atoms with Crippen LogP contribution in [-0.4, -0.2) is 39.1 Å². The van der Waals surface area contributed by atoms with Gasteiger partial charge in [0, 0.05) is 24.2 Å². The molecule has 0 fully saturated rings. The third-order valence-corrected chi connectivity index (χ3v) is 3.70. The molecule has 0 saturated carbocycles. The lowest BCUT2D eigenvalue weighted by Crippen LogP contribution is -2.34. The summed E-state index contributed by atoms with van der Waals surface area (Å²) in [5, 5.41) is 21.3. The van der Waals surface area contributed by atoms with Gasteiger partial charge in [-0.25, -0.2) is 0 Å². The van der Waals surface area contributed by atoms with E-state index >= 15 is 0 Å². The van der Waals surface area contributed by atoms with E-state index in [2.05, 4.69) is 0 Å². The summed E-state index contributed by atoms with van der Waals surface area (Å²) in [6.07, 6.45) is -0.178. The molecule has 0 spiro atoms. The molecule has 0 unspecified atom stereocenters. The standard InChI is InChI=1S/C13H12N2O5S/c16-12-8-21-7-11(14(12)5-4-13(17)18)9-2-1-3-10(6-9)15(19)20/h1-3,6-7H,4-5,8H2,(H,17,18). The van der Waals surface area contributed by atoms with Crippen LogP contribution in [0.3, 0.4) is 0 Å². The second-order valence-electron chi connectivity index (χ2n) is 4.31. The molecule has 7 nitrogen and oxygen atoms in total. The average molecular weight is 308 g/mol. The number of nitro groups is 1. The first-order valence-electron chi connectivity index (χ1n) is 6.08. The lowest BCUT2D eigenvalue weighted by molar-refractivity contribution is -0.384. The van der Waals surface area contributed by atoms with E-state index in [4.69, 9.17) is 5.11 Å². The first-order chi connectivity index (χ1) is 9.99. The van der Waals surface area contributed by atoms with Crippen molar-refractivity contribution >= 4 is 35.0 Å². The number of nitro benzene ring substituents is 1. The molecule has 0 atom stereocenters. The second kappa shape index (κ2) is 6.40. The minimum absolute atomic E-state index is 0.0449. The lowest BCUT2D eigenvalue weighted by atomic mass is 10.1. The normalized spacial score (nSPS) is 14.8. The number of carboxylic acid groups (broad SMARTS) is 1. The number of hydrogen-bond donors (Lipinski definition) is 1. The van der Waals surface area contributed by atoms with Gasteiger partial charge >= 0.3 is 5.97 Å². The minimum Gasteiger partial charge on any atom is -0.481 e. The molecule has 1 amide bonds. The summed E-state index contributed by atoms with van der Waals surface area (Å²) >= 11 is 1.29. The Balaban J connectivity index is 2.32. The van der Waals surface area contributed by atoms with E-state index in [9.17, 15) is 19.7 Å². The highest BCUT2D eigenvalue weighted by Crippen LogP contribution is 2.30. The Morgan fingerprint density at radius 2 is 2.24 bits per heavy atom. The van der Waals surface area contributed by atoms with E-state index < -0.39 is 10.9 Å². The van der Waals surface area contributed by atoms with Crippen molar-refractivity contribution < 1.29 is 19.6 Å². The Kier molecular flexibility index (Phi) is 4.59. The molecule has 110 valence electrons. The van der Waals surface area contributed by atoms with Gasteiger partial charge < -0.3 is 10.0 Å². The van der Waals surface area contributed by atoms with Crippen LogP contribution in [-0.2, 0) is 9.59 Å². The van der Waals surface area contributed by atoms with E-state index in [-0.39, 0.29) is 30.3 Å². The van der Waals surface area contributed by atoms with Crippen LogP contribution in [0.5, 0.6) is 0 Å². The predicted molar refractivity (Wildman–Crippen MR) is 77.5 cm³/mol. The summed E-state index contributed by atoms with van der Waals surface area (Å²) in [6.45, 7) is 0.0449. The van der Waals surface area contributed by atoms with Crippen molar-refractivity contribution in [2.24, 2.45) is 0 Å². The predicted octanol–water partition coefficient (Wildman–Crippen LogP) is 1.94. The number of rotatable bonds is 5. The molecular formula is C13H12N2O5S. The van der Waals surface area contributed by atoms with E-state index in [1.807, 2.05) is 0 Å². The van der Waals surface area contributed by atoms with Crippen molar-refractivity contribution in [2.75, 3.05) is 12.3 Å². The van der Waals surface area contributed by atoms with Crippen molar-refractivity contribution in [1.82, 2.24) is 4.90 Å². The maximum Gasteiger partial charge on any atom is 0.305 e. The van der Waals surface area contributed by atoms with Gasteiger partial charge in [-0.2, -0.15) is 0 Å². The topological polar surface area (TPSA) is 101 Å². The second-order valence-corrected chi connectivity index (χ2v) is 5.17. The fourth-order valence-electron chi connectivity index (χ4n) is 1.92. The molecule has 1 N–H and O–H groups in total. The van der Waals surface area contributed by atoms with Crippen LogP contribution in [0.25, 0.3) is 5.70 Å². The molecule has 0 saturated heterocycles. The molecule has 1 aromatic rings. The minimum atomic E-state index is -1.00. The average Bonchev–Trinajstić information content (AvgIpc) is 2.45. The maximum absolute atomic E-state index is 11.9. The number of thioether (sulfide) groups is 1. The zero-order chi connectivity index (χ0) is 15.4. The number of carbonyl (C=O) groups excluding carboxylic acids is 1.